The molecule has 1 aliphatic rings. The molecular weight excluding hydrogens is 308 g/mol. The number of rotatable bonds is 5. The number of methoxy groups -OCH3 is 1. The predicted molar refractivity (Wildman–Crippen MR) is 89.6 cm³/mol. The van der Waals surface area contributed by atoms with E-state index in [1.807, 2.05) is 24.3 Å². The van der Waals surface area contributed by atoms with Crippen LogP contribution in [0.2, 0.25) is 0 Å². The normalized spacial score (nSPS) is 13.0. The highest BCUT2D eigenvalue weighted by molar-refractivity contribution is 5.98. The minimum Gasteiger partial charge on any atom is -0.497 e. The molecule has 0 unspecified atom stereocenters. The molecule has 0 bridgehead atoms. The quantitative estimate of drug-likeness (QED) is 0.910. The van der Waals surface area contributed by atoms with Gasteiger partial charge in [-0.2, -0.15) is 0 Å². The Morgan fingerprint density at radius 2 is 1.96 bits per heavy atom. The number of nitrogens with zero attached hydrogens (tertiary/aromatic N) is 1. The number of hydrogen-bond acceptors (Lipinski definition) is 4. The first-order valence-corrected chi connectivity index (χ1v) is 7.63. The minimum absolute atomic E-state index is 0.0173. The van der Waals surface area contributed by atoms with Crippen LogP contribution in [0.25, 0.3) is 0 Å². The Kier molecular flexibility index (Phi) is 4.65. The lowest BCUT2D eigenvalue weighted by molar-refractivity contribution is -0.121. The maximum Gasteiger partial charge on any atom is 0.265 e. The number of amides is 2. The lowest BCUT2D eigenvalue weighted by Crippen LogP contribution is -2.43. The molecule has 0 radical (unpaired) electrons. The maximum absolute atomic E-state index is 12.1. The molecule has 2 amide bonds. The van der Waals surface area contributed by atoms with Crippen molar-refractivity contribution in [3.05, 3.63) is 54.1 Å². The van der Waals surface area contributed by atoms with E-state index in [-0.39, 0.29) is 18.4 Å². The second-order valence-corrected chi connectivity index (χ2v) is 5.29. The molecule has 0 fully saturated rings. The molecule has 0 saturated carbocycles. The lowest BCUT2D eigenvalue weighted by atomic mass is 10.2. The molecule has 1 aliphatic heterocycles. The van der Waals surface area contributed by atoms with Gasteiger partial charge in [0.1, 0.15) is 11.5 Å². The minimum atomic E-state index is -0.188. The molecule has 3 rings (SSSR count). The van der Waals surface area contributed by atoms with E-state index >= 15 is 0 Å². The highest BCUT2D eigenvalue weighted by Crippen LogP contribution is 2.30. The number of fused-ring (bicyclic) bond motifs is 1. The summed E-state index contributed by atoms with van der Waals surface area (Å²) in [5.74, 6) is 1.07. The summed E-state index contributed by atoms with van der Waals surface area (Å²) in [6.45, 7) is 0.759. The number of carbonyl (C=O) groups is 2. The van der Waals surface area contributed by atoms with E-state index in [0.717, 1.165) is 5.69 Å². The fraction of sp³-hybridized carbons (Fsp3) is 0.222. The third-order valence-corrected chi connectivity index (χ3v) is 3.78. The van der Waals surface area contributed by atoms with Crippen molar-refractivity contribution < 1.29 is 19.1 Å². The molecule has 0 aromatic heterocycles. The summed E-state index contributed by atoms with van der Waals surface area (Å²) in [7, 11) is 1.58. The van der Waals surface area contributed by atoms with Gasteiger partial charge in [0.05, 0.1) is 12.8 Å². The van der Waals surface area contributed by atoms with Gasteiger partial charge in [-0.15, -0.1) is 0 Å². The Bertz CT molecular complexity index is 743. The van der Waals surface area contributed by atoms with E-state index in [9.17, 15) is 9.59 Å². The van der Waals surface area contributed by atoms with Crippen molar-refractivity contribution in [2.45, 2.75) is 0 Å². The van der Waals surface area contributed by atoms with E-state index < -0.39 is 0 Å². The van der Waals surface area contributed by atoms with E-state index in [1.54, 1.807) is 36.3 Å². The summed E-state index contributed by atoms with van der Waals surface area (Å²) >= 11 is 0. The number of anilines is 1. The van der Waals surface area contributed by atoms with Crippen LogP contribution in [0, 0.1) is 0 Å². The van der Waals surface area contributed by atoms with E-state index in [0.29, 0.717) is 30.2 Å². The average Bonchev–Trinajstić information content (AvgIpc) is 2.63. The van der Waals surface area contributed by atoms with Crippen molar-refractivity contribution in [2.24, 2.45) is 0 Å². The van der Waals surface area contributed by atoms with Crippen LogP contribution in [0.3, 0.4) is 0 Å². The Hall–Kier alpha value is -3.02. The van der Waals surface area contributed by atoms with Gasteiger partial charge in [0.15, 0.2) is 6.61 Å². The molecule has 1 N–H and O–H groups in total. The first kappa shape index (κ1) is 15.9. The highest BCUT2D eigenvalue weighted by atomic mass is 16.5. The van der Waals surface area contributed by atoms with Crippen LogP contribution in [-0.2, 0) is 4.79 Å². The summed E-state index contributed by atoms with van der Waals surface area (Å²) < 4.78 is 10.5. The predicted octanol–water partition coefficient (Wildman–Crippen LogP) is 1.85. The van der Waals surface area contributed by atoms with Gasteiger partial charge in [-0.25, -0.2) is 0 Å². The maximum atomic E-state index is 12.1. The Balaban J connectivity index is 1.59. The largest absolute Gasteiger partial charge is 0.497 e. The van der Waals surface area contributed by atoms with Crippen molar-refractivity contribution in [2.75, 3.05) is 31.7 Å². The number of ether oxygens (including phenoxy) is 2. The van der Waals surface area contributed by atoms with Crippen molar-refractivity contribution in [1.29, 1.82) is 0 Å². The van der Waals surface area contributed by atoms with Gasteiger partial charge in [-0.3, -0.25) is 9.59 Å². The molecule has 0 aliphatic carbocycles. The Morgan fingerprint density at radius 3 is 2.71 bits per heavy atom. The van der Waals surface area contributed by atoms with Crippen molar-refractivity contribution >= 4 is 17.5 Å². The van der Waals surface area contributed by atoms with E-state index in [2.05, 4.69) is 5.32 Å². The zero-order valence-corrected chi connectivity index (χ0v) is 13.3. The van der Waals surface area contributed by atoms with Crippen LogP contribution in [0.15, 0.2) is 48.5 Å². The van der Waals surface area contributed by atoms with Crippen LogP contribution in [0.1, 0.15) is 10.4 Å². The van der Waals surface area contributed by atoms with E-state index in [4.69, 9.17) is 9.47 Å². The zero-order valence-electron chi connectivity index (χ0n) is 13.3. The van der Waals surface area contributed by atoms with Crippen LogP contribution >= 0.6 is 0 Å². The molecule has 2 aromatic carbocycles. The topological polar surface area (TPSA) is 67.9 Å². The van der Waals surface area contributed by atoms with Crippen molar-refractivity contribution in [3.8, 4) is 11.5 Å². The molecular formula is C18H18N2O4. The molecule has 0 saturated heterocycles. The number of hydrogen-bond donors (Lipinski definition) is 1. The molecule has 124 valence electrons. The van der Waals surface area contributed by atoms with E-state index in [1.165, 1.54) is 0 Å². The molecule has 24 heavy (non-hydrogen) atoms. The second kappa shape index (κ2) is 7.04. The molecule has 0 atom stereocenters. The van der Waals surface area contributed by atoms with Crippen LogP contribution in [0.4, 0.5) is 5.69 Å². The van der Waals surface area contributed by atoms with Crippen LogP contribution in [-0.4, -0.2) is 38.6 Å². The number of carbonyl (C=O) groups excluding carboxylic acids is 2. The fourth-order valence-electron chi connectivity index (χ4n) is 2.52. The average molecular weight is 326 g/mol. The Labute approximate surface area is 140 Å². The summed E-state index contributed by atoms with van der Waals surface area (Å²) in [6, 6.07) is 14.2. The van der Waals surface area contributed by atoms with Crippen LogP contribution in [0.5, 0.6) is 11.5 Å². The summed E-state index contributed by atoms with van der Waals surface area (Å²) in [4.78, 5) is 25.8. The zero-order chi connectivity index (χ0) is 16.9. The Morgan fingerprint density at radius 1 is 1.21 bits per heavy atom. The SMILES string of the molecule is COc1ccc(C(=O)NCCN2C(=O)COc3ccccc32)cc1. The number of para-hydroxylation sites is 2. The third-order valence-electron chi connectivity index (χ3n) is 3.78. The van der Waals surface area contributed by atoms with Crippen LogP contribution < -0.4 is 19.7 Å². The summed E-state index contributed by atoms with van der Waals surface area (Å²) in [5, 5.41) is 2.82. The smallest absolute Gasteiger partial charge is 0.265 e. The summed E-state index contributed by atoms with van der Waals surface area (Å²) in [6.07, 6.45) is 0. The van der Waals surface area contributed by atoms with Gasteiger partial charge in [-0.05, 0) is 36.4 Å². The molecule has 0 spiro atoms. The first-order chi connectivity index (χ1) is 11.7. The molecule has 6 nitrogen and oxygen atoms in total. The fourth-order valence-corrected chi connectivity index (χ4v) is 2.52. The van der Waals surface area contributed by atoms with Crippen molar-refractivity contribution in [3.63, 3.8) is 0 Å². The molecule has 6 heteroatoms. The lowest BCUT2D eigenvalue weighted by Gasteiger charge is -2.29. The third kappa shape index (κ3) is 3.32. The number of nitrogens with one attached hydrogen (secondary N) is 1. The van der Waals surface area contributed by atoms with Gasteiger partial charge in [-0.1, -0.05) is 12.1 Å². The van der Waals surface area contributed by atoms with Gasteiger partial charge < -0.3 is 19.7 Å². The summed E-state index contributed by atoms with van der Waals surface area (Å²) in [5.41, 5.74) is 1.27. The number of benzene rings is 2. The van der Waals surface area contributed by atoms with Gasteiger partial charge >= 0.3 is 0 Å². The van der Waals surface area contributed by atoms with Gasteiger partial charge in [0, 0.05) is 18.7 Å². The van der Waals surface area contributed by atoms with Gasteiger partial charge in [0.2, 0.25) is 0 Å². The highest BCUT2D eigenvalue weighted by Gasteiger charge is 2.24. The first-order valence-electron chi connectivity index (χ1n) is 7.63. The monoisotopic (exact) mass is 326 g/mol. The van der Waals surface area contributed by atoms with Gasteiger partial charge in [0.25, 0.3) is 11.8 Å². The van der Waals surface area contributed by atoms with Crippen molar-refractivity contribution in [1.82, 2.24) is 5.32 Å². The second-order valence-electron chi connectivity index (χ2n) is 5.29. The molecule has 1 heterocycles. The standard InChI is InChI=1S/C18H18N2O4/c1-23-14-8-6-13(7-9-14)18(22)19-10-11-20-15-4-2-3-5-16(15)24-12-17(20)21/h2-9H,10-12H2,1H3,(H,19,22). The molecule has 2 aromatic rings.